The predicted octanol–water partition coefficient (Wildman–Crippen LogP) is 1.90. The molecule has 0 aliphatic heterocycles. The average molecular weight is 301 g/mol. The Hall–Kier alpha value is -1.96. The number of aromatic nitrogens is 2. The van der Waals surface area contributed by atoms with Crippen LogP contribution >= 0.6 is 0 Å². The van der Waals surface area contributed by atoms with Gasteiger partial charge < -0.3 is 10.6 Å². The normalized spacial score (nSPS) is 18.0. The first kappa shape index (κ1) is 16.4. The smallest absolute Gasteiger partial charge is 0.191 e. The summed E-state index contributed by atoms with van der Waals surface area (Å²) >= 11 is 0. The molecule has 1 aromatic heterocycles. The number of nitrogens with zero attached hydrogens (tertiary/aromatic N) is 3. The molecule has 0 radical (unpaired) electrons. The third-order valence-electron chi connectivity index (χ3n) is 3.84. The van der Waals surface area contributed by atoms with E-state index in [2.05, 4.69) is 53.2 Å². The van der Waals surface area contributed by atoms with Gasteiger partial charge in [0.25, 0.3) is 0 Å². The van der Waals surface area contributed by atoms with Crippen molar-refractivity contribution in [3.8, 4) is 12.3 Å². The van der Waals surface area contributed by atoms with Crippen LogP contribution in [-0.2, 0) is 12.8 Å². The van der Waals surface area contributed by atoms with Gasteiger partial charge in [0, 0.05) is 37.7 Å². The summed E-state index contributed by atoms with van der Waals surface area (Å²) in [5.41, 5.74) is 2.61. The molecule has 0 amide bonds. The fraction of sp³-hybridized carbons (Fsp3) is 0.647. The van der Waals surface area contributed by atoms with Crippen molar-refractivity contribution in [1.29, 1.82) is 0 Å². The molecule has 0 aromatic carbocycles. The van der Waals surface area contributed by atoms with Crippen molar-refractivity contribution in [3.05, 3.63) is 17.5 Å². The standard InChI is InChI=1S/C17H27N5/c1-5-7-10-19-17(18-6-2)20-15-9-8-14-12-22(13(3)4)21-16(14)11-15/h1,12-13,15H,6-11H2,2-4H3,(H2,18,19,20). The Morgan fingerprint density at radius 3 is 3.09 bits per heavy atom. The summed E-state index contributed by atoms with van der Waals surface area (Å²) in [5, 5.41) is 11.5. The van der Waals surface area contributed by atoms with Crippen molar-refractivity contribution in [2.24, 2.45) is 4.99 Å². The van der Waals surface area contributed by atoms with Crippen LogP contribution in [0.1, 0.15) is 50.9 Å². The van der Waals surface area contributed by atoms with Crippen LogP contribution in [0.2, 0.25) is 0 Å². The quantitative estimate of drug-likeness (QED) is 0.378. The van der Waals surface area contributed by atoms with Crippen LogP contribution in [0.4, 0.5) is 0 Å². The Morgan fingerprint density at radius 1 is 1.59 bits per heavy atom. The second kappa shape index (κ2) is 7.88. The highest BCUT2D eigenvalue weighted by Crippen LogP contribution is 2.21. The Bertz CT molecular complexity index is 550. The van der Waals surface area contributed by atoms with Crippen LogP contribution in [-0.4, -0.2) is 34.9 Å². The van der Waals surface area contributed by atoms with Crippen LogP contribution < -0.4 is 10.6 Å². The van der Waals surface area contributed by atoms with Gasteiger partial charge in [0.2, 0.25) is 0 Å². The summed E-state index contributed by atoms with van der Waals surface area (Å²) in [7, 11) is 0. The third-order valence-corrected chi connectivity index (χ3v) is 3.84. The first-order chi connectivity index (χ1) is 10.6. The van der Waals surface area contributed by atoms with Crippen molar-refractivity contribution >= 4 is 5.96 Å². The van der Waals surface area contributed by atoms with Crippen LogP contribution in [0.15, 0.2) is 11.2 Å². The average Bonchev–Trinajstić information content (AvgIpc) is 2.91. The number of hydrogen-bond acceptors (Lipinski definition) is 2. The minimum atomic E-state index is 0.381. The molecular weight excluding hydrogens is 274 g/mol. The monoisotopic (exact) mass is 301 g/mol. The summed E-state index contributed by atoms with van der Waals surface area (Å²) in [6.07, 6.45) is 11.3. The molecule has 1 heterocycles. The van der Waals surface area contributed by atoms with E-state index in [4.69, 9.17) is 11.5 Å². The lowest BCUT2D eigenvalue weighted by atomic mass is 9.94. The first-order valence-electron chi connectivity index (χ1n) is 8.19. The number of terminal acetylenes is 1. The van der Waals surface area contributed by atoms with E-state index in [1.54, 1.807) is 0 Å². The highest BCUT2D eigenvalue weighted by Gasteiger charge is 2.22. The van der Waals surface area contributed by atoms with Crippen LogP contribution in [0.25, 0.3) is 0 Å². The first-order valence-corrected chi connectivity index (χ1v) is 8.19. The van der Waals surface area contributed by atoms with E-state index < -0.39 is 0 Å². The molecule has 2 rings (SSSR count). The Balaban J connectivity index is 1.98. The van der Waals surface area contributed by atoms with Gasteiger partial charge in [-0.15, -0.1) is 12.3 Å². The van der Waals surface area contributed by atoms with Crippen molar-refractivity contribution in [1.82, 2.24) is 20.4 Å². The van der Waals surface area contributed by atoms with E-state index >= 15 is 0 Å². The van der Waals surface area contributed by atoms with Gasteiger partial charge >= 0.3 is 0 Å². The van der Waals surface area contributed by atoms with Crippen molar-refractivity contribution in [2.45, 2.75) is 58.5 Å². The molecule has 0 saturated heterocycles. The van der Waals surface area contributed by atoms with Crippen molar-refractivity contribution in [3.63, 3.8) is 0 Å². The molecule has 5 nitrogen and oxygen atoms in total. The number of nitrogens with one attached hydrogen (secondary N) is 2. The van der Waals surface area contributed by atoms with Gasteiger partial charge in [-0.2, -0.15) is 5.10 Å². The van der Waals surface area contributed by atoms with E-state index in [1.807, 2.05) is 0 Å². The highest BCUT2D eigenvalue weighted by atomic mass is 15.3. The van der Waals surface area contributed by atoms with Crippen LogP contribution in [0, 0.1) is 12.3 Å². The van der Waals surface area contributed by atoms with Gasteiger partial charge in [0.05, 0.1) is 12.2 Å². The molecule has 5 heteroatoms. The van der Waals surface area contributed by atoms with Gasteiger partial charge in [-0.3, -0.25) is 9.67 Å². The van der Waals surface area contributed by atoms with E-state index in [1.165, 1.54) is 11.3 Å². The Morgan fingerprint density at radius 2 is 2.41 bits per heavy atom. The second-order valence-corrected chi connectivity index (χ2v) is 5.97. The fourth-order valence-corrected chi connectivity index (χ4v) is 2.65. The van der Waals surface area contributed by atoms with Crippen LogP contribution in [0.5, 0.6) is 0 Å². The van der Waals surface area contributed by atoms with Crippen molar-refractivity contribution in [2.75, 3.05) is 13.1 Å². The maximum atomic E-state index is 5.28. The zero-order valence-corrected chi connectivity index (χ0v) is 13.9. The zero-order valence-electron chi connectivity index (χ0n) is 13.9. The third kappa shape index (κ3) is 4.27. The molecule has 0 spiro atoms. The number of guanidine groups is 1. The molecule has 1 aliphatic rings. The van der Waals surface area contributed by atoms with Crippen LogP contribution in [0.3, 0.4) is 0 Å². The molecule has 1 aromatic rings. The summed E-state index contributed by atoms with van der Waals surface area (Å²) in [6, 6.07) is 0.798. The van der Waals surface area contributed by atoms with E-state index in [9.17, 15) is 0 Å². The molecular formula is C17H27N5. The summed E-state index contributed by atoms with van der Waals surface area (Å²) in [6.45, 7) is 7.90. The van der Waals surface area contributed by atoms with E-state index in [0.29, 0.717) is 25.0 Å². The lowest BCUT2D eigenvalue weighted by molar-refractivity contribution is 0.499. The zero-order chi connectivity index (χ0) is 15.9. The molecule has 2 N–H and O–H groups in total. The molecule has 1 atom stereocenters. The molecule has 120 valence electrons. The Labute approximate surface area is 133 Å². The van der Waals surface area contributed by atoms with Gasteiger partial charge in [-0.05, 0) is 39.2 Å². The minimum Gasteiger partial charge on any atom is -0.357 e. The number of rotatable bonds is 5. The minimum absolute atomic E-state index is 0.381. The maximum absolute atomic E-state index is 5.28. The molecule has 0 bridgehead atoms. The van der Waals surface area contributed by atoms with Gasteiger partial charge in [-0.1, -0.05) is 0 Å². The maximum Gasteiger partial charge on any atom is 0.191 e. The lowest BCUT2D eigenvalue weighted by Crippen LogP contribution is -2.45. The largest absolute Gasteiger partial charge is 0.357 e. The SMILES string of the molecule is C#CCCN=C(NCC)NC1CCc2cn(C(C)C)nc2C1. The Kier molecular flexibility index (Phi) is 5.88. The van der Waals surface area contributed by atoms with Gasteiger partial charge in [0.1, 0.15) is 0 Å². The van der Waals surface area contributed by atoms with Gasteiger partial charge in [0.15, 0.2) is 5.96 Å². The summed E-state index contributed by atoms with van der Waals surface area (Å²) < 4.78 is 2.07. The molecule has 1 unspecified atom stereocenters. The highest BCUT2D eigenvalue weighted by molar-refractivity contribution is 5.80. The number of fused-ring (bicyclic) bond motifs is 1. The predicted molar refractivity (Wildman–Crippen MR) is 91.0 cm³/mol. The number of hydrogen-bond donors (Lipinski definition) is 2. The molecule has 0 fully saturated rings. The van der Waals surface area contributed by atoms with Gasteiger partial charge in [-0.25, -0.2) is 0 Å². The summed E-state index contributed by atoms with van der Waals surface area (Å²) in [4.78, 5) is 4.51. The lowest BCUT2D eigenvalue weighted by Gasteiger charge is -2.24. The topological polar surface area (TPSA) is 54.2 Å². The fourth-order valence-electron chi connectivity index (χ4n) is 2.65. The number of aliphatic imine (C=N–C) groups is 1. The molecule has 1 aliphatic carbocycles. The molecule has 0 saturated carbocycles. The summed E-state index contributed by atoms with van der Waals surface area (Å²) in [5.74, 6) is 3.48. The number of aryl methyl sites for hydroxylation is 1. The van der Waals surface area contributed by atoms with E-state index in [-0.39, 0.29) is 0 Å². The molecule has 22 heavy (non-hydrogen) atoms. The van der Waals surface area contributed by atoms with E-state index in [0.717, 1.165) is 31.8 Å². The second-order valence-electron chi connectivity index (χ2n) is 5.97. The van der Waals surface area contributed by atoms with Crippen molar-refractivity contribution < 1.29 is 0 Å².